The van der Waals surface area contributed by atoms with Crippen LogP contribution in [0.2, 0.25) is 0 Å². The molecule has 0 aliphatic rings. The first-order valence-corrected chi connectivity index (χ1v) is 9.16. The third kappa shape index (κ3) is 21.0. The Hall–Kier alpha value is -3.52. The predicted molar refractivity (Wildman–Crippen MR) is 120 cm³/mol. The Morgan fingerprint density at radius 1 is 0.677 bits per heavy atom. The van der Waals surface area contributed by atoms with Gasteiger partial charge in [0.25, 0.3) is 0 Å². The van der Waals surface area contributed by atoms with Gasteiger partial charge in [-0.1, -0.05) is 0 Å². The Labute approximate surface area is 181 Å². The van der Waals surface area contributed by atoms with Gasteiger partial charge in [-0.15, -0.1) is 0 Å². The quantitative estimate of drug-likeness (QED) is 0.152. The molecule has 14 nitrogen and oxygen atoms in total. The lowest BCUT2D eigenvalue weighted by Crippen LogP contribution is -2.31. The van der Waals surface area contributed by atoms with E-state index < -0.39 is 5.79 Å². The highest BCUT2D eigenvalue weighted by Gasteiger charge is 2.26. The van der Waals surface area contributed by atoms with Crippen molar-refractivity contribution in [2.45, 2.75) is 39.9 Å². The van der Waals surface area contributed by atoms with Gasteiger partial charge in [0.1, 0.15) is 0 Å². The largest absolute Gasteiger partial charge is 0.329 e. The number of aliphatic imine (C=N–C) groups is 4. The highest BCUT2D eigenvalue weighted by Crippen LogP contribution is 2.19. The molecule has 0 fully saturated rings. The van der Waals surface area contributed by atoms with Gasteiger partial charge in [-0.05, 0) is 0 Å². The second kappa shape index (κ2) is 18.5. The van der Waals surface area contributed by atoms with Crippen molar-refractivity contribution < 1.29 is 19.2 Å². The fraction of sp³-hybridized carbons (Fsp3) is 0.529. The summed E-state index contributed by atoms with van der Waals surface area (Å²) >= 11 is 0. The summed E-state index contributed by atoms with van der Waals surface area (Å²) in [5, 5.41) is 9.49. The van der Waals surface area contributed by atoms with E-state index in [0.29, 0.717) is 13.1 Å². The van der Waals surface area contributed by atoms with Crippen molar-refractivity contribution in [1.29, 1.82) is 0 Å². The zero-order valence-corrected chi connectivity index (χ0v) is 18.2. The molecule has 8 N–H and O–H groups in total. The molecule has 0 aromatic rings. The fourth-order valence-corrected chi connectivity index (χ4v) is 1.39. The number of nitrogens with two attached hydrogens (primary N) is 2. The molecule has 0 aliphatic heterocycles. The zero-order chi connectivity index (χ0) is 24.1. The van der Waals surface area contributed by atoms with Gasteiger partial charge in [-0.25, -0.2) is 15.0 Å². The van der Waals surface area contributed by atoms with Crippen molar-refractivity contribution in [3.8, 4) is 0 Å². The third-order valence-electron chi connectivity index (χ3n) is 2.72. The molecule has 0 rings (SSSR count). The van der Waals surface area contributed by atoms with Crippen LogP contribution in [0.25, 0.3) is 0 Å². The Kier molecular flexibility index (Phi) is 17.7. The summed E-state index contributed by atoms with van der Waals surface area (Å²) in [5.41, 5.74) is 9.81. The molecule has 0 radical (unpaired) electrons. The Balaban J connectivity index is 0. The summed E-state index contributed by atoms with van der Waals surface area (Å²) in [6.07, 6.45) is 4.65. The standard InChI is InChI=1S/C15H24N8O4.C2H8N2/c1-11(24)17-7-16-6-5-15(21-8-18-12(2)25,22-9-19-13(3)26)23-10-20-14(4)27;3-1-2-4/h7-10H,5-6H2,1-4H3,(H,16,17,24)(H,18,21,25)(H,19,22,26)(H,20,23,27);1-4H2. The van der Waals surface area contributed by atoms with Crippen molar-refractivity contribution >= 4 is 49.0 Å². The minimum absolute atomic E-state index is 0.103. The van der Waals surface area contributed by atoms with Gasteiger partial charge in [0.15, 0.2) is 0 Å². The van der Waals surface area contributed by atoms with Crippen LogP contribution in [0.3, 0.4) is 0 Å². The van der Waals surface area contributed by atoms with E-state index in [1.54, 1.807) is 0 Å². The molecule has 14 heteroatoms. The van der Waals surface area contributed by atoms with E-state index in [1.165, 1.54) is 34.0 Å². The topological polar surface area (TPSA) is 218 Å². The van der Waals surface area contributed by atoms with Crippen LogP contribution in [0.4, 0.5) is 0 Å². The molecule has 0 aliphatic carbocycles. The van der Waals surface area contributed by atoms with Gasteiger partial charge in [0.05, 0.1) is 25.4 Å². The highest BCUT2D eigenvalue weighted by molar-refractivity contribution is 5.87. The summed E-state index contributed by atoms with van der Waals surface area (Å²) in [7, 11) is 0. The maximum atomic E-state index is 11.0. The molecule has 0 heterocycles. The van der Waals surface area contributed by atoms with Crippen molar-refractivity contribution in [2.24, 2.45) is 31.4 Å². The minimum Gasteiger partial charge on any atom is -0.329 e. The summed E-state index contributed by atoms with van der Waals surface area (Å²) in [6, 6.07) is 0. The van der Waals surface area contributed by atoms with Gasteiger partial charge >= 0.3 is 0 Å². The van der Waals surface area contributed by atoms with Crippen molar-refractivity contribution in [3.05, 3.63) is 0 Å². The van der Waals surface area contributed by atoms with E-state index in [1.807, 2.05) is 0 Å². The Morgan fingerprint density at radius 3 is 1.29 bits per heavy atom. The number of carbonyl (C=O) groups is 4. The van der Waals surface area contributed by atoms with Crippen LogP contribution in [0, 0.1) is 0 Å². The van der Waals surface area contributed by atoms with E-state index >= 15 is 0 Å². The van der Waals surface area contributed by atoms with Crippen LogP contribution in [0.1, 0.15) is 34.1 Å². The van der Waals surface area contributed by atoms with Crippen molar-refractivity contribution in [2.75, 3.05) is 19.6 Å². The van der Waals surface area contributed by atoms with E-state index in [-0.39, 0.29) is 36.6 Å². The fourth-order valence-electron chi connectivity index (χ4n) is 1.39. The second-order valence-electron chi connectivity index (χ2n) is 5.71. The number of nitrogens with zero attached hydrogens (tertiary/aromatic N) is 4. The Bertz CT molecular complexity index is 622. The minimum atomic E-state index is -1.51. The third-order valence-corrected chi connectivity index (χ3v) is 2.72. The van der Waals surface area contributed by atoms with E-state index in [0.717, 1.165) is 19.0 Å². The molecule has 31 heavy (non-hydrogen) atoms. The molecule has 0 atom stereocenters. The molecule has 0 bridgehead atoms. The summed E-state index contributed by atoms with van der Waals surface area (Å²) in [6.45, 7) is 6.57. The van der Waals surface area contributed by atoms with E-state index in [2.05, 4.69) is 41.2 Å². The number of hydrogen-bond donors (Lipinski definition) is 6. The summed E-state index contributed by atoms with van der Waals surface area (Å²) in [5.74, 6) is -2.85. The molecule has 0 spiro atoms. The first kappa shape index (κ1) is 29.7. The van der Waals surface area contributed by atoms with Crippen LogP contribution in [-0.4, -0.2) is 74.4 Å². The average Bonchev–Trinajstić information content (AvgIpc) is 2.66. The molecule has 0 saturated heterocycles. The SMILES string of the molecule is CC(=O)NC=NCCC(N=CNC(C)=O)(N=CNC(C)=O)N=CNC(C)=O.NCCN. The first-order chi connectivity index (χ1) is 14.6. The Morgan fingerprint density at radius 2 is 1.00 bits per heavy atom. The highest BCUT2D eigenvalue weighted by atomic mass is 16.2. The van der Waals surface area contributed by atoms with Crippen molar-refractivity contribution in [1.82, 2.24) is 21.3 Å². The maximum absolute atomic E-state index is 11.0. The molecule has 0 unspecified atom stereocenters. The predicted octanol–water partition coefficient (Wildman–Crippen LogP) is -2.41. The second-order valence-corrected chi connectivity index (χ2v) is 5.71. The summed E-state index contributed by atoms with van der Waals surface area (Å²) < 4.78 is 0. The van der Waals surface area contributed by atoms with Crippen LogP contribution in [0.15, 0.2) is 20.0 Å². The lowest BCUT2D eigenvalue weighted by molar-refractivity contribution is -0.118. The van der Waals surface area contributed by atoms with Gasteiger partial charge in [0, 0.05) is 53.8 Å². The van der Waals surface area contributed by atoms with Crippen LogP contribution in [-0.2, 0) is 19.2 Å². The van der Waals surface area contributed by atoms with E-state index in [9.17, 15) is 19.2 Å². The van der Waals surface area contributed by atoms with Gasteiger partial charge in [-0.3, -0.25) is 24.2 Å². The monoisotopic (exact) mass is 440 g/mol. The first-order valence-electron chi connectivity index (χ1n) is 9.16. The lowest BCUT2D eigenvalue weighted by atomic mass is 10.2. The molecular weight excluding hydrogens is 408 g/mol. The lowest BCUT2D eigenvalue weighted by Gasteiger charge is -2.19. The van der Waals surface area contributed by atoms with Crippen LogP contribution >= 0.6 is 0 Å². The maximum Gasteiger partial charge on any atom is 0.250 e. The molecule has 0 aromatic heterocycles. The number of nitrogens with one attached hydrogen (secondary N) is 4. The van der Waals surface area contributed by atoms with E-state index in [4.69, 9.17) is 11.5 Å². The molecule has 174 valence electrons. The number of carbonyl (C=O) groups excluding carboxylic acids is 4. The normalized spacial score (nSPS) is 13.0. The van der Waals surface area contributed by atoms with Gasteiger partial charge in [0.2, 0.25) is 29.4 Å². The number of hydrogen-bond acceptors (Lipinski definition) is 10. The van der Waals surface area contributed by atoms with Crippen LogP contribution in [0.5, 0.6) is 0 Å². The van der Waals surface area contributed by atoms with Gasteiger partial charge in [-0.2, -0.15) is 0 Å². The molecule has 4 amide bonds. The van der Waals surface area contributed by atoms with Crippen molar-refractivity contribution in [3.63, 3.8) is 0 Å². The molecule has 0 saturated carbocycles. The average molecular weight is 441 g/mol. The number of rotatable bonds is 11. The summed E-state index contributed by atoms with van der Waals surface area (Å²) in [4.78, 5) is 60.3. The van der Waals surface area contributed by atoms with Gasteiger partial charge < -0.3 is 32.7 Å². The smallest absolute Gasteiger partial charge is 0.250 e. The number of amides is 4. The molecule has 0 aromatic carbocycles. The van der Waals surface area contributed by atoms with Crippen LogP contribution < -0.4 is 32.7 Å². The molecular formula is C17H32N10O4. The zero-order valence-electron chi connectivity index (χ0n) is 18.2.